The number of anilines is 1. The van der Waals surface area contributed by atoms with E-state index in [0.717, 1.165) is 11.1 Å². The van der Waals surface area contributed by atoms with Crippen LogP contribution in [0.15, 0.2) is 76.2 Å². The minimum absolute atomic E-state index is 0.0548. The van der Waals surface area contributed by atoms with E-state index >= 15 is 0 Å². The number of amides is 1. The largest absolute Gasteiger partial charge is 0.468 e. The molecule has 3 aromatic rings. The van der Waals surface area contributed by atoms with E-state index in [9.17, 15) is 13.2 Å². The fourth-order valence-electron chi connectivity index (χ4n) is 2.59. The second kappa shape index (κ2) is 8.20. The van der Waals surface area contributed by atoms with Crippen molar-refractivity contribution < 1.29 is 17.6 Å². The summed E-state index contributed by atoms with van der Waals surface area (Å²) >= 11 is 0. The van der Waals surface area contributed by atoms with Crippen molar-refractivity contribution in [3.8, 4) is 0 Å². The second-order valence-corrected chi connectivity index (χ2v) is 7.85. The predicted octanol–water partition coefficient (Wildman–Crippen LogP) is 3.25. The molecule has 0 radical (unpaired) electrons. The van der Waals surface area contributed by atoms with Gasteiger partial charge < -0.3 is 9.73 Å². The lowest BCUT2D eigenvalue weighted by atomic mass is 10.1. The smallest absolute Gasteiger partial charge is 0.241 e. The first-order valence-corrected chi connectivity index (χ1v) is 9.89. The highest BCUT2D eigenvalue weighted by molar-refractivity contribution is 7.89. The van der Waals surface area contributed by atoms with Crippen molar-refractivity contribution in [3.63, 3.8) is 0 Å². The van der Waals surface area contributed by atoms with Crippen LogP contribution in [0.2, 0.25) is 0 Å². The van der Waals surface area contributed by atoms with Gasteiger partial charge in [-0.05, 0) is 48.4 Å². The first-order chi connectivity index (χ1) is 12.9. The highest BCUT2D eigenvalue weighted by atomic mass is 32.2. The maximum Gasteiger partial charge on any atom is 0.241 e. The highest BCUT2D eigenvalue weighted by Gasteiger charge is 2.15. The molecule has 3 rings (SSSR count). The molecule has 0 bridgehead atoms. The zero-order valence-corrected chi connectivity index (χ0v) is 15.6. The summed E-state index contributed by atoms with van der Waals surface area (Å²) in [6.07, 6.45) is 1.70. The van der Waals surface area contributed by atoms with Crippen LogP contribution in [-0.2, 0) is 27.8 Å². The average Bonchev–Trinajstić information content (AvgIpc) is 3.16. The van der Waals surface area contributed by atoms with Gasteiger partial charge in [-0.3, -0.25) is 4.79 Å². The summed E-state index contributed by atoms with van der Waals surface area (Å²) in [7, 11) is -3.72. The van der Waals surface area contributed by atoms with Gasteiger partial charge in [0.25, 0.3) is 0 Å². The molecule has 0 fully saturated rings. The molecule has 1 amide bonds. The third-order valence-electron chi connectivity index (χ3n) is 4.06. The lowest BCUT2D eigenvalue weighted by Gasteiger charge is -2.10. The Morgan fingerprint density at radius 2 is 1.85 bits per heavy atom. The van der Waals surface area contributed by atoms with Crippen molar-refractivity contribution in [2.75, 3.05) is 5.32 Å². The number of rotatable bonds is 7. The lowest BCUT2D eigenvalue weighted by molar-refractivity contribution is -0.115. The number of sulfonamides is 1. The van der Waals surface area contributed by atoms with Crippen molar-refractivity contribution in [2.45, 2.75) is 24.8 Å². The number of nitrogens with one attached hydrogen (secondary N) is 2. The third kappa shape index (κ3) is 5.06. The molecule has 0 unspecified atom stereocenters. The summed E-state index contributed by atoms with van der Waals surface area (Å²) in [4.78, 5) is 12.4. The molecule has 0 saturated heterocycles. The van der Waals surface area contributed by atoms with Gasteiger partial charge >= 0.3 is 0 Å². The maximum atomic E-state index is 12.4. The van der Waals surface area contributed by atoms with Crippen LogP contribution in [0.1, 0.15) is 16.9 Å². The summed E-state index contributed by atoms with van der Waals surface area (Å²) in [6.45, 7) is 2.00. The molecule has 6 nitrogen and oxygen atoms in total. The Bertz CT molecular complexity index is 1030. The predicted molar refractivity (Wildman–Crippen MR) is 103 cm³/mol. The van der Waals surface area contributed by atoms with Crippen molar-refractivity contribution in [1.29, 1.82) is 0 Å². The Kier molecular flexibility index (Phi) is 5.73. The van der Waals surface area contributed by atoms with E-state index in [-0.39, 0.29) is 23.8 Å². The molecule has 0 aliphatic rings. The molecule has 2 aromatic carbocycles. The highest BCUT2D eigenvalue weighted by Crippen LogP contribution is 2.17. The number of aryl methyl sites for hydroxylation is 1. The number of furan rings is 1. The van der Waals surface area contributed by atoms with Crippen molar-refractivity contribution >= 4 is 21.6 Å². The Morgan fingerprint density at radius 3 is 2.59 bits per heavy atom. The zero-order chi connectivity index (χ0) is 19.3. The van der Waals surface area contributed by atoms with Gasteiger partial charge in [-0.25, -0.2) is 13.1 Å². The van der Waals surface area contributed by atoms with Crippen LogP contribution in [0.4, 0.5) is 5.69 Å². The number of hydrogen-bond donors (Lipinski definition) is 2. The van der Waals surface area contributed by atoms with Crippen LogP contribution in [0.5, 0.6) is 0 Å². The molecule has 0 saturated carbocycles. The molecule has 7 heteroatoms. The Hall–Kier alpha value is -2.90. The number of hydrogen-bond acceptors (Lipinski definition) is 4. The van der Waals surface area contributed by atoms with Crippen molar-refractivity contribution in [3.05, 3.63) is 83.8 Å². The van der Waals surface area contributed by atoms with E-state index in [1.54, 1.807) is 24.3 Å². The first kappa shape index (κ1) is 18.9. The number of benzene rings is 2. The standard InChI is InChI=1S/C20H20N2O4S/c1-15-6-2-3-7-16(15)12-20(23)22-17-8-4-10-19(13-17)27(24,25)21-14-18-9-5-11-26-18/h2-11,13,21H,12,14H2,1H3,(H,22,23). The molecule has 0 spiro atoms. The maximum absolute atomic E-state index is 12.4. The summed E-state index contributed by atoms with van der Waals surface area (Å²) < 4.78 is 32.5. The number of carbonyl (C=O) groups excluding carboxylic acids is 1. The van der Waals surface area contributed by atoms with E-state index in [4.69, 9.17) is 4.42 Å². The van der Waals surface area contributed by atoms with E-state index < -0.39 is 10.0 Å². The SMILES string of the molecule is Cc1ccccc1CC(=O)Nc1cccc(S(=O)(=O)NCc2ccco2)c1. The van der Waals surface area contributed by atoms with Gasteiger partial charge in [-0.1, -0.05) is 30.3 Å². The summed E-state index contributed by atoms with van der Waals surface area (Å²) in [5.74, 6) is 0.309. The molecular formula is C20H20N2O4S. The molecular weight excluding hydrogens is 364 g/mol. The summed E-state index contributed by atoms with van der Waals surface area (Å²) in [5.41, 5.74) is 2.39. The monoisotopic (exact) mass is 384 g/mol. The minimum Gasteiger partial charge on any atom is -0.468 e. The van der Waals surface area contributed by atoms with Crippen LogP contribution in [0.3, 0.4) is 0 Å². The van der Waals surface area contributed by atoms with Gasteiger partial charge in [0.15, 0.2) is 0 Å². The van der Waals surface area contributed by atoms with Gasteiger partial charge in [0, 0.05) is 5.69 Å². The fourth-order valence-corrected chi connectivity index (χ4v) is 3.63. The Labute approximate surface area is 158 Å². The van der Waals surface area contributed by atoms with E-state index in [1.165, 1.54) is 18.4 Å². The van der Waals surface area contributed by atoms with Gasteiger partial charge in [0.1, 0.15) is 5.76 Å². The van der Waals surface area contributed by atoms with Crippen LogP contribution in [-0.4, -0.2) is 14.3 Å². The quantitative estimate of drug-likeness (QED) is 0.654. The van der Waals surface area contributed by atoms with Crippen LogP contribution in [0.25, 0.3) is 0 Å². The van der Waals surface area contributed by atoms with Gasteiger partial charge in [0.05, 0.1) is 24.1 Å². The van der Waals surface area contributed by atoms with E-state index in [2.05, 4.69) is 10.0 Å². The number of carbonyl (C=O) groups is 1. The Morgan fingerprint density at radius 1 is 1.04 bits per heavy atom. The lowest BCUT2D eigenvalue weighted by Crippen LogP contribution is -2.23. The van der Waals surface area contributed by atoms with E-state index in [1.807, 2.05) is 31.2 Å². The topological polar surface area (TPSA) is 88.4 Å². The van der Waals surface area contributed by atoms with Crippen LogP contribution in [0, 0.1) is 6.92 Å². The van der Waals surface area contributed by atoms with Crippen molar-refractivity contribution in [2.24, 2.45) is 0 Å². The molecule has 2 N–H and O–H groups in total. The minimum atomic E-state index is -3.72. The zero-order valence-electron chi connectivity index (χ0n) is 14.8. The van der Waals surface area contributed by atoms with Gasteiger partial charge in [0.2, 0.25) is 15.9 Å². The van der Waals surface area contributed by atoms with Crippen molar-refractivity contribution in [1.82, 2.24) is 4.72 Å². The van der Waals surface area contributed by atoms with Crippen LogP contribution >= 0.6 is 0 Å². The fraction of sp³-hybridized carbons (Fsp3) is 0.150. The molecule has 0 aliphatic carbocycles. The van der Waals surface area contributed by atoms with Gasteiger partial charge in [-0.2, -0.15) is 0 Å². The van der Waals surface area contributed by atoms with Crippen LogP contribution < -0.4 is 10.0 Å². The average molecular weight is 384 g/mol. The molecule has 140 valence electrons. The molecule has 0 atom stereocenters. The molecule has 0 aliphatic heterocycles. The first-order valence-electron chi connectivity index (χ1n) is 8.40. The molecule has 27 heavy (non-hydrogen) atoms. The summed E-state index contributed by atoms with van der Waals surface area (Å²) in [6, 6.07) is 17.2. The second-order valence-electron chi connectivity index (χ2n) is 6.08. The van der Waals surface area contributed by atoms with Gasteiger partial charge in [-0.15, -0.1) is 0 Å². The molecule has 1 aromatic heterocycles. The third-order valence-corrected chi connectivity index (χ3v) is 5.46. The summed E-state index contributed by atoms with van der Waals surface area (Å²) in [5, 5.41) is 2.75. The molecule has 1 heterocycles. The normalized spacial score (nSPS) is 11.3. The van der Waals surface area contributed by atoms with E-state index in [0.29, 0.717) is 11.4 Å². The Balaban J connectivity index is 1.67.